The average molecular weight is 530 g/mol. The number of nitrogens with zero attached hydrogens (tertiary/aromatic N) is 1. The van der Waals surface area contributed by atoms with Gasteiger partial charge in [-0.15, -0.1) is 11.3 Å². The molecule has 2 heteroatoms. The molecule has 2 aromatic heterocycles. The molecule has 0 fully saturated rings. The van der Waals surface area contributed by atoms with Crippen molar-refractivity contribution in [2.24, 2.45) is 0 Å². The molecule has 0 saturated carbocycles. The molecule has 6 aromatic carbocycles. The maximum Gasteiger partial charge on any atom is 0.0543 e. The van der Waals surface area contributed by atoms with Gasteiger partial charge in [0.25, 0.3) is 0 Å². The minimum Gasteiger partial charge on any atom is -0.309 e. The van der Waals surface area contributed by atoms with Gasteiger partial charge < -0.3 is 4.57 Å². The van der Waals surface area contributed by atoms with Crippen LogP contribution in [0, 0.1) is 13.8 Å². The Kier molecular flexibility index (Phi) is 5.20. The second-order valence-corrected chi connectivity index (χ2v) is 11.8. The topological polar surface area (TPSA) is 4.93 Å². The average Bonchev–Trinajstić information content (AvgIpc) is 3.53. The van der Waals surface area contributed by atoms with E-state index in [0.29, 0.717) is 0 Å². The molecule has 0 N–H and O–H groups in total. The van der Waals surface area contributed by atoms with Crippen molar-refractivity contribution in [3.8, 4) is 27.9 Å². The van der Waals surface area contributed by atoms with Crippen LogP contribution >= 0.6 is 11.3 Å². The summed E-state index contributed by atoms with van der Waals surface area (Å²) in [6.07, 6.45) is 0. The molecular weight excluding hydrogens is 502 g/mol. The SMILES string of the molecule is Cc1ccc2c(c1)c1c(C)cccc1n2-c1ccccc1-c1ccc(-c2ccc3sc4ccccc4c3c2)cc1. The highest BCUT2D eigenvalue weighted by Crippen LogP contribution is 2.39. The number of fused-ring (bicyclic) bond motifs is 6. The van der Waals surface area contributed by atoms with Crippen LogP contribution in [-0.2, 0) is 0 Å². The summed E-state index contributed by atoms with van der Waals surface area (Å²) in [5, 5.41) is 5.33. The van der Waals surface area contributed by atoms with E-state index >= 15 is 0 Å². The third-order valence-electron chi connectivity index (χ3n) is 8.20. The van der Waals surface area contributed by atoms with Gasteiger partial charge in [-0.1, -0.05) is 90.5 Å². The molecule has 2 heterocycles. The van der Waals surface area contributed by atoms with Gasteiger partial charge in [0.15, 0.2) is 0 Å². The minimum atomic E-state index is 1.20. The third kappa shape index (κ3) is 3.53. The highest BCUT2D eigenvalue weighted by Gasteiger charge is 2.17. The van der Waals surface area contributed by atoms with Crippen molar-refractivity contribution >= 4 is 53.3 Å². The van der Waals surface area contributed by atoms with E-state index in [4.69, 9.17) is 0 Å². The largest absolute Gasteiger partial charge is 0.309 e. The molecule has 1 nitrogen and oxygen atoms in total. The van der Waals surface area contributed by atoms with Gasteiger partial charge in [0.05, 0.1) is 16.7 Å². The van der Waals surface area contributed by atoms with Gasteiger partial charge in [-0.25, -0.2) is 0 Å². The molecule has 0 spiro atoms. The molecule has 0 aliphatic rings. The molecule has 0 amide bonds. The molecule has 0 aliphatic carbocycles. The van der Waals surface area contributed by atoms with Crippen molar-refractivity contribution in [1.82, 2.24) is 4.57 Å². The normalized spacial score (nSPS) is 11.8. The van der Waals surface area contributed by atoms with Crippen molar-refractivity contribution in [3.05, 3.63) is 139 Å². The smallest absolute Gasteiger partial charge is 0.0543 e. The molecule has 0 saturated heterocycles. The van der Waals surface area contributed by atoms with Gasteiger partial charge in [0, 0.05) is 36.5 Å². The lowest BCUT2D eigenvalue weighted by Crippen LogP contribution is -1.97. The molecule has 0 aliphatic heterocycles. The lowest BCUT2D eigenvalue weighted by atomic mass is 9.98. The molecule has 40 heavy (non-hydrogen) atoms. The summed E-state index contributed by atoms with van der Waals surface area (Å²) in [4.78, 5) is 0. The standard InChI is InChI=1S/C38H27NS/c1-24-14-20-34-32(22-24)38-25(2)8-7-12-35(38)39(34)33-11-5-3-9-29(33)27-17-15-26(16-18-27)28-19-21-37-31(23-28)30-10-4-6-13-36(30)40-37/h3-23H,1-2H3. The van der Waals surface area contributed by atoms with Crippen molar-refractivity contribution in [1.29, 1.82) is 0 Å². The zero-order valence-electron chi connectivity index (χ0n) is 22.5. The second-order valence-electron chi connectivity index (χ2n) is 10.7. The van der Waals surface area contributed by atoms with E-state index in [0.717, 1.165) is 0 Å². The van der Waals surface area contributed by atoms with Gasteiger partial charge in [-0.3, -0.25) is 0 Å². The summed E-state index contributed by atoms with van der Waals surface area (Å²) >= 11 is 1.87. The van der Waals surface area contributed by atoms with Crippen LogP contribution in [0.15, 0.2) is 127 Å². The minimum absolute atomic E-state index is 1.20. The highest BCUT2D eigenvalue weighted by atomic mass is 32.1. The number of aromatic nitrogens is 1. The Hall–Kier alpha value is -4.66. The van der Waals surface area contributed by atoms with Crippen molar-refractivity contribution in [2.75, 3.05) is 0 Å². The van der Waals surface area contributed by atoms with E-state index < -0.39 is 0 Å². The number of para-hydroxylation sites is 1. The summed E-state index contributed by atoms with van der Waals surface area (Å²) in [7, 11) is 0. The maximum atomic E-state index is 2.44. The monoisotopic (exact) mass is 529 g/mol. The maximum absolute atomic E-state index is 2.44. The Bertz CT molecular complexity index is 2230. The zero-order valence-corrected chi connectivity index (χ0v) is 23.3. The molecule has 0 atom stereocenters. The van der Waals surface area contributed by atoms with Crippen LogP contribution < -0.4 is 0 Å². The lowest BCUT2D eigenvalue weighted by Gasteiger charge is -2.14. The fraction of sp³-hybridized carbons (Fsp3) is 0.0526. The number of rotatable bonds is 3. The fourth-order valence-electron chi connectivity index (χ4n) is 6.28. The quantitative estimate of drug-likeness (QED) is 0.214. The zero-order chi connectivity index (χ0) is 26.8. The Morgan fingerprint density at radius 1 is 0.500 bits per heavy atom. The molecule has 0 bridgehead atoms. The van der Waals surface area contributed by atoms with E-state index in [1.165, 1.54) is 81.0 Å². The molecule has 0 unspecified atom stereocenters. The van der Waals surface area contributed by atoms with Gasteiger partial charge in [-0.05, 0) is 78.6 Å². The van der Waals surface area contributed by atoms with Gasteiger partial charge in [-0.2, -0.15) is 0 Å². The van der Waals surface area contributed by atoms with E-state index in [1.807, 2.05) is 11.3 Å². The summed E-state index contributed by atoms with van der Waals surface area (Å²) in [5.74, 6) is 0. The Morgan fingerprint density at radius 3 is 2.15 bits per heavy atom. The van der Waals surface area contributed by atoms with Crippen LogP contribution in [0.5, 0.6) is 0 Å². The van der Waals surface area contributed by atoms with Crippen LogP contribution in [0.1, 0.15) is 11.1 Å². The first kappa shape index (κ1) is 23.2. The van der Waals surface area contributed by atoms with Crippen molar-refractivity contribution < 1.29 is 0 Å². The Labute approximate surface area is 237 Å². The number of hydrogen-bond acceptors (Lipinski definition) is 1. The Morgan fingerprint density at radius 2 is 1.25 bits per heavy atom. The molecule has 190 valence electrons. The molecule has 8 rings (SSSR count). The van der Waals surface area contributed by atoms with E-state index in [-0.39, 0.29) is 0 Å². The van der Waals surface area contributed by atoms with Crippen LogP contribution in [0.2, 0.25) is 0 Å². The third-order valence-corrected chi connectivity index (χ3v) is 9.36. The first-order chi connectivity index (χ1) is 19.7. The van der Waals surface area contributed by atoms with E-state index in [1.54, 1.807) is 0 Å². The molecular formula is C38H27NS. The summed E-state index contributed by atoms with van der Waals surface area (Å²) in [6.45, 7) is 4.39. The predicted octanol–water partition coefficient (Wildman–Crippen LogP) is 11.1. The first-order valence-corrected chi connectivity index (χ1v) is 14.6. The fourth-order valence-corrected chi connectivity index (χ4v) is 7.37. The van der Waals surface area contributed by atoms with Crippen LogP contribution in [0.3, 0.4) is 0 Å². The van der Waals surface area contributed by atoms with Crippen molar-refractivity contribution in [2.45, 2.75) is 13.8 Å². The van der Waals surface area contributed by atoms with Gasteiger partial charge in [0.1, 0.15) is 0 Å². The number of benzene rings is 6. The van der Waals surface area contributed by atoms with E-state index in [9.17, 15) is 0 Å². The van der Waals surface area contributed by atoms with Gasteiger partial charge in [0.2, 0.25) is 0 Å². The second kappa shape index (κ2) is 8.94. The summed E-state index contributed by atoms with van der Waals surface area (Å²) < 4.78 is 5.12. The molecule has 8 aromatic rings. The molecule has 0 radical (unpaired) electrons. The van der Waals surface area contributed by atoms with E-state index in [2.05, 4.69) is 146 Å². The Balaban J connectivity index is 1.27. The number of aryl methyl sites for hydroxylation is 2. The van der Waals surface area contributed by atoms with Crippen molar-refractivity contribution in [3.63, 3.8) is 0 Å². The van der Waals surface area contributed by atoms with Crippen LogP contribution in [0.25, 0.3) is 69.9 Å². The predicted molar refractivity (Wildman–Crippen MR) is 174 cm³/mol. The van der Waals surface area contributed by atoms with Crippen LogP contribution in [0.4, 0.5) is 0 Å². The highest BCUT2D eigenvalue weighted by molar-refractivity contribution is 7.25. The lowest BCUT2D eigenvalue weighted by molar-refractivity contribution is 1.18. The first-order valence-electron chi connectivity index (χ1n) is 13.8. The number of thiophene rings is 1. The van der Waals surface area contributed by atoms with Gasteiger partial charge >= 0.3 is 0 Å². The number of hydrogen-bond donors (Lipinski definition) is 0. The summed E-state index contributed by atoms with van der Waals surface area (Å²) in [6, 6.07) is 46.9. The van der Waals surface area contributed by atoms with Crippen LogP contribution in [-0.4, -0.2) is 4.57 Å². The summed E-state index contributed by atoms with van der Waals surface area (Å²) in [5.41, 5.74) is 11.2.